The summed E-state index contributed by atoms with van der Waals surface area (Å²) in [5.74, 6) is 0.671. The summed E-state index contributed by atoms with van der Waals surface area (Å²) in [4.78, 5) is 12.5. The van der Waals surface area contributed by atoms with E-state index in [0.29, 0.717) is 5.69 Å². The molecule has 0 radical (unpaired) electrons. The van der Waals surface area contributed by atoms with E-state index in [4.69, 9.17) is 4.52 Å². The minimum Gasteiger partial charge on any atom is -0.360 e. The Bertz CT molecular complexity index is 461. The quantitative estimate of drug-likeness (QED) is 0.779. The normalized spacial score (nSPS) is 13.2. The molecule has 0 fully saturated rings. The topological polar surface area (TPSA) is 55.1 Å². The van der Waals surface area contributed by atoms with Crippen LogP contribution in [0.15, 0.2) is 4.52 Å². The second-order valence-electron chi connectivity index (χ2n) is 5.95. The fourth-order valence-corrected chi connectivity index (χ4v) is 3.26. The van der Waals surface area contributed by atoms with E-state index in [1.54, 1.807) is 0 Å². The molecule has 0 bridgehead atoms. The summed E-state index contributed by atoms with van der Waals surface area (Å²) in [5.41, 5.74) is 1.45. The van der Waals surface area contributed by atoms with Gasteiger partial charge in [-0.15, -0.1) is 0 Å². The van der Waals surface area contributed by atoms with Crippen molar-refractivity contribution >= 4 is 5.91 Å². The van der Waals surface area contributed by atoms with E-state index in [9.17, 15) is 4.79 Å². The van der Waals surface area contributed by atoms with Gasteiger partial charge in [0.25, 0.3) is 5.91 Å². The van der Waals surface area contributed by atoms with Crippen molar-refractivity contribution in [3.05, 3.63) is 17.0 Å². The maximum absolute atomic E-state index is 12.5. The maximum atomic E-state index is 12.5. The number of nitrogens with one attached hydrogen (secondary N) is 1. The second-order valence-corrected chi connectivity index (χ2v) is 5.95. The first-order valence-electron chi connectivity index (χ1n) is 8.21. The Balaban J connectivity index is 2.87. The lowest BCUT2D eigenvalue weighted by Gasteiger charge is -2.38. The van der Waals surface area contributed by atoms with E-state index in [2.05, 4.69) is 38.2 Å². The molecular formula is C17H30N2O2. The van der Waals surface area contributed by atoms with E-state index in [-0.39, 0.29) is 17.4 Å². The average molecular weight is 294 g/mol. The van der Waals surface area contributed by atoms with Gasteiger partial charge in [0.2, 0.25) is 0 Å². The van der Waals surface area contributed by atoms with Crippen molar-refractivity contribution < 1.29 is 9.32 Å². The summed E-state index contributed by atoms with van der Waals surface area (Å²) in [6, 6.07) is 0.126. The maximum Gasteiger partial charge on any atom is 0.273 e. The number of carbonyl (C=O) groups is 1. The highest BCUT2D eigenvalue weighted by Crippen LogP contribution is 2.36. The highest BCUT2D eigenvalue weighted by molar-refractivity contribution is 5.93. The molecule has 4 heteroatoms. The molecule has 1 aromatic rings. The zero-order valence-corrected chi connectivity index (χ0v) is 14.4. The molecule has 1 atom stereocenters. The summed E-state index contributed by atoms with van der Waals surface area (Å²) in [6.07, 6.45) is 5.14. The molecule has 0 aliphatic rings. The van der Waals surface area contributed by atoms with Crippen LogP contribution in [-0.2, 0) is 6.42 Å². The molecule has 0 saturated heterocycles. The van der Waals surface area contributed by atoms with Crippen molar-refractivity contribution in [2.24, 2.45) is 5.41 Å². The summed E-state index contributed by atoms with van der Waals surface area (Å²) in [5, 5.41) is 7.07. The van der Waals surface area contributed by atoms with E-state index < -0.39 is 0 Å². The lowest BCUT2D eigenvalue weighted by molar-refractivity contribution is 0.0852. The third kappa shape index (κ3) is 3.66. The molecule has 0 aliphatic heterocycles. The number of carbonyl (C=O) groups excluding carboxylic acids is 1. The van der Waals surface area contributed by atoms with Crippen LogP contribution in [-0.4, -0.2) is 17.1 Å². The van der Waals surface area contributed by atoms with E-state index >= 15 is 0 Å². The minimum atomic E-state index is -0.120. The third-order valence-electron chi connectivity index (χ3n) is 4.98. The van der Waals surface area contributed by atoms with Crippen molar-refractivity contribution in [1.82, 2.24) is 10.5 Å². The van der Waals surface area contributed by atoms with Crippen LogP contribution >= 0.6 is 0 Å². The molecule has 0 aliphatic carbocycles. The van der Waals surface area contributed by atoms with Crippen molar-refractivity contribution in [2.45, 2.75) is 79.7 Å². The number of hydrogen-bond acceptors (Lipinski definition) is 3. The molecule has 0 saturated carbocycles. The molecule has 0 aromatic carbocycles. The lowest BCUT2D eigenvalue weighted by Crippen LogP contribution is -2.45. The zero-order chi connectivity index (χ0) is 16.0. The molecule has 4 nitrogen and oxygen atoms in total. The minimum absolute atomic E-state index is 0.120. The Morgan fingerprint density at radius 1 is 1.29 bits per heavy atom. The van der Waals surface area contributed by atoms with Crippen LogP contribution in [0, 0.1) is 12.3 Å². The van der Waals surface area contributed by atoms with Gasteiger partial charge in [0.1, 0.15) is 5.76 Å². The van der Waals surface area contributed by atoms with Crippen molar-refractivity contribution in [2.75, 3.05) is 0 Å². The lowest BCUT2D eigenvalue weighted by atomic mass is 9.72. The largest absolute Gasteiger partial charge is 0.360 e. The predicted molar refractivity (Wildman–Crippen MR) is 85.5 cm³/mol. The van der Waals surface area contributed by atoms with Gasteiger partial charge in [0, 0.05) is 18.0 Å². The highest BCUT2D eigenvalue weighted by atomic mass is 16.5. The van der Waals surface area contributed by atoms with Gasteiger partial charge < -0.3 is 9.84 Å². The number of nitrogens with zero attached hydrogens (tertiary/aromatic N) is 1. The molecule has 1 N–H and O–H groups in total. The Morgan fingerprint density at radius 3 is 2.33 bits per heavy atom. The van der Waals surface area contributed by atoms with Crippen LogP contribution in [0.1, 0.15) is 82.1 Å². The summed E-state index contributed by atoms with van der Waals surface area (Å²) < 4.78 is 5.22. The highest BCUT2D eigenvalue weighted by Gasteiger charge is 2.33. The Labute approximate surface area is 128 Å². The van der Waals surface area contributed by atoms with Gasteiger partial charge in [0.05, 0.1) is 0 Å². The molecule has 1 aromatic heterocycles. The van der Waals surface area contributed by atoms with Gasteiger partial charge in [-0.3, -0.25) is 4.79 Å². The number of aryl methyl sites for hydroxylation is 1. The smallest absolute Gasteiger partial charge is 0.273 e. The van der Waals surface area contributed by atoms with Crippen molar-refractivity contribution in [3.63, 3.8) is 0 Å². The fraction of sp³-hybridized carbons (Fsp3) is 0.765. The molecule has 0 spiro atoms. The second kappa shape index (κ2) is 7.62. The molecular weight excluding hydrogens is 264 g/mol. The van der Waals surface area contributed by atoms with Gasteiger partial charge in [-0.05, 0) is 38.5 Å². The Hall–Kier alpha value is -1.32. The SMILES string of the molecule is CCCC(CC)(CC)C(C)NC(=O)c1noc(CC)c1C. The van der Waals surface area contributed by atoms with Crippen molar-refractivity contribution in [1.29, 1.82) is 0 Å². The Kier molecular flexibility index (Phi) is 6.43. The Morgan fingerprint density at radius 2 is 1.90 bits per heavy atom. The first kappa shape index (κ1) is 17.7. The number of rotatable bonds is 8. The van der Waals surface area contributed by atoms with Gasteiger partial charge in [-0.2, -0.15) is 0 Å². The summed E-state index contributed by atoms with van der Waals surface area (Å²) in [6.45, 7) is 12.6. The standard InChI is InChI=1S/C17H30N2O2/c1-7-11-17(9-3,10-4)13(6)18-16(20)15-12(5)14(8-2)21-19-15/h13H,7-11H2,1-6H3,(H,18,20). The monoisotopic (exact) mass is 294 g/mol. The van der Waals surface area contributed by atoms with Gasteiger partial charge in [-0.25, -0.2) is 0 Å². The van der Waals surface area contributed by atoms with Crippen LogP contribution in [0.5, 0.6) is 0 Å². The van der Waals surface area contributed by atoms with E-state index in [0.717, 1.165) is 43.4 Å². The predicted octanol–water partition coefficient (Wildman–Crippen LogP) is 4.27. The summed E-state index contributed by atoms with van der Waals surface area (Å²) >= 11 is 0. The number of hydrogen-bond donors (Lipinski definition) is 1. The summed E-state index contributed by atoms with van der Waals surface area (Å²) in [7, 11) is 0. The molecule has 21 heavy (non-hydrogen) atoms. The van der Waals surface area contributed by atoms with Crippen LogP contribution in [0.2, 0.25) is 0 Å². The van der Waals surface area contributed by atoms with Gasteiger partial charge >= 0.3 is 0 Å². The molecule has 120 valence electrons. The van der Waals surface area contributed by atoms with E-state index in [1.807, 2.05) is 13.8 Å². The van der Waals surface area contributed by atoms with Crippen LogP contribution < -0.4 is 5.32 Å². The first-order valence-corrected chi connectivity index (χ1v) is 8.21. The van der Waals surface area contributed by atoms with Gasteiger partial charge in [0.15, 0.2) is 5.69 Å². The number of aromatic nitrogens is 1. The molecule has 1 heterocycles. The zero-order valence-electron chi connectivity index (χ0n) is 14.4. The average Bonchev–Trinajstić information content (AvgIpc) is 2.85. The first-order chi connectivity index (χ1) is 9.95. The van der Waals surface area contributed by atoms with Gasteiger partial charge in [-0.1, -0.05) is 39.3 Å². The number of amides is 1. The van der Waals surface area contributed by atoms with Crippen molar-refractivity contribution in [3.8, 4) is 0 Å². The fourth-order valence-electron chi connectivity index (χ4n) is 3.26. The van der Waals surface area contributed by atoms with E-state index in [1.165, 1.54) is 0 Å². The third-order valence-corrected chi connectivity index (χ3v) is 4.98. The van der Waals surface area contributed by atoms with Crippen LogP contribution in [0.25, 0.3) is 0 Å². The molecule has 1 rings (SSSR count). The molecule has 1 unspecified atom stereocenters. The molecule has 1 amide bonds. The van der Waals surface area contributed by atoms with Crippen LogP contribution in [0.4, 0.5) is 0 Å². The van der Waals surface area contributed by atoms with Crippen LogP contribution in [0.3, 0.4) is 0 Å².